The van der Waals surface area contributed by atoms with Crippen LogP contribution in [0.4, 0.5) is 0 Å². The number of carboxylic acids is 1. The van der Waals surface area contributed by atoms with E-state index in [1.165, 1.54) is 18.3 Å². The molecule has 5 heteroatoms. The highest BCUT2D eigenvalue weighted by molar-refractivity contribution is 6.35. The maximum Gasteiger partial charge on any atom is 0.336 e. The minimum absolute atomic E-state index is 0.139. The average molecular weight is 198 g/mol. The fraction of sp³-hybridized carbons (Fsp3) is 0. The number of fused-ring (bicyclic) bond motifs is 1. The summed E-state index contributed by atoms with van der Waals surface area (Å²) in [5.74, 6) is -1.02. The van der Waals surface area contributed by atoms with Gasteiger partial charge in [0.05, 0.1) is 22.2 Å². The van der Waals surface area contributed by atoms with Gasteiger partial charge in [-0.3, -0.25) is 0 Å². The van der Waals surface area contributed by atoms with Gasteiger partial charge in [0, 0.05) is 0 Å². The third kappa shape index (κ3) is 1.15. The fourth-order valence-electron chi connectivity index (χ4n) is 1.11. The van der Waals surface area contributed by atoms with Crippen LogP contribution < -0.4 is 0 Å². The molecule has 0 radical (unpaired) electrons. The summed E-state index contributed by atoms with van der Waals surface area (Å²) >= 11 is 5.75. The van der Waals surface area contributed by atoms with E-state index < -0.39 is 5.97 Å². The van der Waals surface area contributed by atoms with Crippen molar-refractivity contribution in [3.63, 3.8) is 0 Å². The quantitative estimate of drug-likeness (QED) is 0.761. The van der Waals surface area contributed by atoms with Gasteiger partial charge in [-0.05, 0) is 12.1 Å². The zero-order valence-electron chi connectivity index (χ0n) is 6.32. The number of aromatic carboxylic acids is 1. The van der Waals surface area contributed by atoms with Gasteiger partial charge in [0.2, 0.25) is 0 Å². The zero-order valence-corrected chi connectivity index (χ0v) is 7.08. The fourth-order valence-corrected chi connectivity index (χ4v) is 1.31. The van der Waals surface area contributed by atoms with E-state index in [1.54, 1.807) is 0 Å². The second-order valence-corrected chi connectivity index (χ2v) is 2.88. The number of halogens is 1. The predicted molar refractivity (Wildman–Crippen MR) is 46.0 cm³/mol. The normalized spacial score (nSPS) is 10.5. The molecule has 0 saturated heterocycles. The summed E-state index contributed by atoms with van der Waals surface area (Å²) in [4.78, 5) is 10.7. The van der Waals surface area contributed by atoms with Crippen molar-refractivity contribution in [2.45, 2.75) is 0 Å². The second kappa shape index (κ2) is 2.74. The van der Waals surface area contributed by atoms with Crippen LogP contribution in [0.3, 0.4) is 0 Å². The number of rotatable bonds is 1. The van der Waals surface area contributed by atoms with Gasteiger partial charge in [-0.2, -0.15) is 0 Å². The molecule has 1 heterocycles. The van der Waals surface area contributed by atoms with E-state index in [1.807, 2.05) is 0 Å². The smallest absolute Gasteiger partial charge is 0.336 e. The minimum Gasteiger partial charge on any atom is -0.478 e. The molecule has 2 aromatic rings. The van der Waals surface area contributed by atoms with E-state index in [0.29, 0.717) is 16.0 Å². The molecule has 1 aromatic carbocycles. The van der Waals surface area contributed by atoms with Crippen LogP contribution in [0.25, 0.3) is 11.0 Å². The van der Waals surface area contributed by atoms with Gasteiger partial charge in [-0.15, -0.1) is 0 Å². The van der Waals surface area contributed by atoms with Crippen LogP contribution in [0.2, 0.25) is 5.02 Å². The molecule has 1 aromatic heterocycles. The summed E-state index contributed by atoms with van der Waals surface area (Å²) in [6.45, 7) is 0. The highest BCUT2D eigenvalue weighted by Gasteiger charge is 2.13. The first kappa shape index (κ1) is 8.07. The third-order valence-electron chi connectivity index (χ3n) is 1.70. The lowest BCUT2D eigenvalue weighted by atomic mass is 10.1. The van der Waals surface area contributed by atoms with Crippen molar-refractivity contribution in [1.82, 2.24) is 5.16 Å². The summed E-state index contributed by atoms with van der Waals surface area (Å²) in [5.41, 5.74) is 0.446. The number of benzene rings is 1. The minimum atomic E-state index is -1.02. The van der Waals surface area contributed by atoms with Crippen LogP contribution in [-0.2, 0) is 0 Å². The molecule has 0 fully saturated rings. The Kier molecular flexibility index (Phi) is 1.70. The largest absolute Gasteiger partial charge is 0.478 e. The Morgan fingerprint density at radius 2 is 2.31 bits per heavy atom. The topological polar surface area (TPSA) is 63.3 Å². The molecular weight excluding hydrogens is 194 g/mol. The average Bonchev–Trinajstić information content (AvgIpc) is 2.53. The van der Waals surface area contributed by atoms with Crippen LogP contribution in [0.1, 0.15) is 10.4 Å². The Bertz CT molecular complexity index is 477. The van der Waals surface area contributed by atoms with Crippen LogP contribution in [0.5, 0.6) is 0 Å². The van der Waals surface area contributed by atoms with Crippen molar-refractivity contribution >= 4 is 28.5 Å². The van der Waals surface area contributed by atoms with Gasteiger partial charge in [-0.25, -0.2) is 4.79 Å². The molecule has 0 aliphatic rings. The first-order chi connectivity index (χ1) is 6.20. The van der Waals surface area contributed by atoms with E-state index in [0.717, 1.165) is 0 Å². The molecule has 0 aliphatic carbocycles. The molecule has 0 bridgehead atoms. The standard InChI is InChI=1S/C8H4ClNO3/c9-6-2-1-4(8(11)12)5-3-10-13-7(5)6/h1-3H,(H,11,12). The second-order valence-electron chi connectivity index (χ2n) is 2.47. The Morgan fingerprint density at radius 3 is 3.00 bits per heavy atom. The van der Waals surface area contributed by atoms with E-state index in [2.05, 4.69) is 5.16 Å². The molecule has 0 amide bonds. The maximum absolute atomic E-state index is 10.7. The summed E-state index contributed by atoms with van der Waals surface area (Å²) in [6, 6.07) is 2.89. The van der Waals surface area contributed by atoms with Gasteiger partial charge in [0.25, 0.3) is 0 Å². The molecule has 13 heavy (non-hydrogen) atoms. The SMILES string of the molecule is O=C(O)c1ccc(Cl)c2oncc12. The molecular formula is C8H4ClNO3. The van der Waals surface area contributed by atoms with Gasteiger partial charge < -0.3 is 9.63 Å². The van der Waals surface area contributed by atoms with E-state index in [9.17, 15) is 4.79 Å². The molecule has 0 unspecified atom stereocenters. The first-order valence-corrected chi connectivity index (χ1v) is 3.84. The van der Waals surface area contributed by atoms with Crippen molar-refractivity contribution in [2.75, 3.05) is 0 Å². The summed E-state index contributed by atoms with van der Waals surface area (Å²) in [6.07, 6.45) is 1.34. The Morgan fingerprint density at radius 1 is 1.54 bits per heavy atom. The highest BCUT2D eigenvalue weighted by Crippen LogP contribution is 2.25. The molecule has 1 N–H and O–H groups in total. The predicted octanol–water partition coefficient (Wildman–Crippen LogP) is 2.18. The van der Waals surface area contributed by atoms with Crippen LogP contribution in [0, 0.1) is 0 Å². The van der Waals surface area contributed by atoms with Crippen LogP contribution >= 0.6 is 11.6 Å². The Balaban J connectivity index is 2.86. The number of nitrogens with zero attached hydrogens (tertiary/aromatic N) is 1. The monoisotopic (exact) mass is 197 g/mol. The van der Waals surface area contributed by atoms with Crippen molar-refractivity contribution in [3.05, 3.63) is 28.9 Å². The van der Waals surface area contributed by atoms with Gasteiger partial charge in [0.15, 0.2) is 5.58 Å². The summed E-state index contributed by atoms with van der Waals surface area (Å²) < 4.78 is 4.79. The number of hydrogen-bond donors (Lipinski definition) is 1. The molecule has 2 rings (SSSR count). The zero-order chi connectivity index (χ0) is 9.42. The third-order valence-corrected chi connectivity index (χ3v) is 2.00. The van der Waals surface area contributed by atoms with Crippen molar-refractivity contribution < 1.29 is 14.4 Å². The summed E-state index contributed by atoms with van der Waals surface area (Å²) in [5, 5.41) is 13.0. The first-order valence-electron chi connectivity index (χ1n) is 3.46. The highest BCUT2D eigenvalue weighted by atomic mass is 35.5. The Hall–Kier alpha value is -1.55. The molecule has 0 atom stereocenters. The van der Waals surface area contributed by atoms with Crippen LogP contribution in [-0.4, -0.2) is 16.2 Å². The molecule has 0 saturated carbocycles. The van der Waals surface area contributed by atoms with E-state index >= 15 is 0 Å². The van der Waals surface area contributed by atoms with Gasteiger partial charge >= 0.3 is 5.97 Å². The van der Waals surface area contributed by atoms with Crippen molar-refractivity contribution in [3.8, 4) is 0 Å². The van der Waals surface area contributed by atoms with E-state index in [-0.39, 0.29) is 5.56 Å². The van der Waals surface area contributed by atoms with Gasteiger partial charge in [-0.1, -0.05) is 16.8 Å². The number of aromatic nitrogens is 1. The van der Waals surface area contributed by atoms with Crippen molar-refractivity contribution in [2.24, 2.45) is 0 Å². The lowest BCUT2D eigenvalue weighted by Crippen LogP contribution is -1.95. The van der Waals surface area contributed by atoms with Gasteiger partial charge in [0.1, 0.15) is 0 Å². The number of carboxylic acid groups (broad SMARTS) is 1. The molecule has 0 spiro atoms. The maximum atomic E-state index is 10.7. The lowest BCUT2D eigenvalue weighted by Gasteiger charge is -1.95. The Labute approximate surface area is 77.7 Å². The van der Waals surface area contributed by atoms with E-state index in [4.69, 9.17) is 21.2 Å². The molecule has 0 aliphatic heterocycles. The molecule has 4 nitrogen and oxygen atoms in total. The lowest BCUT2D eigenvalue weighted by molar-refractivity contribution is 0.0699. The number of carbonyl (C=O) groups is 1. The molecule has 66 valence electrons. The summed E-state index contributed by atoms with van der Waals surface area (Å²) in [7, 11) is 0. The van der Waals surface area contributed by atoms with Crippen molar-refractivity contribution in [1.29, 1.82) is 0 Å². The van der Waals surface area contributed by atoms with Crippen LogP contribution in [0.15, 0.2) is 22.9 Å². The number of hydrogen-bond acceptors (Lipinski definition) is 3.